The smallest absolute Gasteiger partial charge is 0.250 e. The number of carbonyl (C=O) groups excluding carboxylic acids is 1. The molecule has 0 aliphatic carbocycles. The van der Waals surface area contributed by atoms with Crippen molar-refractivity contribution < 1.29 is 9.21 Å². The first kappa shape index (κ1) is 14.5. The van der Waals surface area contributed by atoms with E-state index >= 15 is 0 Å². The zero-order valence-electron chi connectivity index (χ0n) is 10.9. The summed E-state index contributed by atoms with van der Waals surface area (Å²) in [5.74, 6) is 0.216. The van der Waals surface area contributed by atoms with Crippen LogP contribution < -0.4 is 10.6 Å². The molecule has 0 saturated heterocycles. The third-order valence-electron chi connectivity index (χ3n) is 2.45. The van der Waals surface area contributed by atoms with Crippen LogP contribution in [0.15, 0.2) is 53.2 Å². The quantitative estimate of drug-likeness (QED) is 0.672. The van der Waals surface area contributed by atoms with Crippen molar-refractivity contribution in [3.8, 4) is 6.07 Å². The highest BCUT2D eigenvalue weighted by Crippen LogP contribution is 2.08. The summed E-state index contributed by atoms with van der Waals surface area (Å²) in [7, 11) is 0. The van der Waals surface area contributed by atoms with Gasteiger partial charge in [0.2, 0.25) is 5.91 Å². The number of amides is 1. The van der Waals surface area contributed by atoms with Crippen molar-refractivity contribution >= 4 is 35.0 Å². The standard InChI is InChI=1S/C15H11N3O2S/c16-10-11-3-5-12(6-4-11)17-15(21)18-14(19)8-7-13-2-1-9-20-13/h1-9H,(H2,17,18,19,21)/b8-7+. The first-order valence-corrected chi connectivity index (χ1v) is 6.42. The SMILES string of the molecule is N#Cc1ccc(NC(=S)NC(=O)/C=C/c2ccco2)cc1. The number of benzene rings is 1. The monoisotopic (exact) mass is 297 g/mol. The molecule has 0 fully saturated rings. The molecule has 0 unspecified atom stereocenters. The number of carbonyl (C=O) groups is 1. The minimum absolute atomic E-state index is 0.175. The van der Waals surface area contributed by atoms with Crippen molar-refractivity contribution in [2.75, 3.05) is 5.32 Å². The molecule has 0 aliphatic rings. The molecule has 0 atom stereocenters. The first-order valence-electron chi connectivity index (χ1n) is 6.01. The number of nitriles is 1. The van der Waals surface area contributed by atoms with E-state index in [1.54, 1.807) is 42.5 Å². The largest absolute Gasteiger partial charge is 0.465 e. The molecule has 104 valence electrons. The lowest BCUT2D eigenvalue weighted by Crippen LogP contribution is -2.32. The molecule has 5 nitrogen and oxygen atoms in total. The maximum atomic E-state index is 11.6. The van der Waals surface area contributed by atoms with Crippen LogP contribution in [-0.4, -0.2) is 11.0 Å². The minimum Gasteiger partial charge on any atom is -0.465 e. The highest BCUT2D eigenvalue weighted by Gasteiger charge is 2.02. The van der Waals surface area contributed by atoms with Gasteiger partial charge in [0, 0.05) is 11.8 Å². The van der Waals surface area contributed by atoms with Gasteiger partial charge in [-0.3, -0.25) is 10.1 Å². The van der Waals surface area contributed by atoms with E-state index in [4.69, 9.17) is 21.9 Å². The van der Waals surface area contributed by atoms with E-state index < -0.39 is 0 Å². The van der Waals surface area contributed by atoms with Crippen LogP contribution in [0.3, 0.4) is 0 Å². The molecular formula is C15H11N3O2S. The van der Waals surface area contributed by atoms with Gasteiger partial charge in [-0.25, -0.2) is 0 Å². The van der Waals surface area contributed by atoms with Gasteiger partial charge in [0.25, 0.3) is 0 Å². The van der Waals surface area contributed by atoms with Crippen molar-refractivity contribution in [3.05, 3.63) is 60.1 Å². The van der Waals surface area contributed by atoms with Crippen LogP contribution in [-0.2, 0) is 4.79 Å². The zero-order chi connectivity index (χ0) is 15.1. The lowest BCUT2D eigenvalue weighted by molar-refractivity contribution is -0.115. The van der Waals surface area contributed by atoms with Gasteiger partial charge in [0.15, 0.2) is 5.11 Å². The lowest BCUT2D eigenvalue weighted by Gasteiger charge is -2.07. The van der Waals surface area contributed by atoms with E-state index in [2.05, 4.69) is 10.6 Å². The van der Waals surface area contributed by atoms with E-state index in [0.717, 1.165) is 0 Å². The van der Waals surface area contributed by atoms with Gasteiger partial charge in [-0.05, 0) is 54.7 Å². The molecule has 0 aliphatic heterocycles. The van der Waals surface area contributed by atoms with E-state index in [1.807, 2.05) is 6.07 Å². The van der Waals surface area contributed by atoms with Gasteiger partial charge < -0.3 is 9.73 Å². The Morgan fingerprint density at radius 2 is 2.05 bits per heavy atom. The predicted octanol–water partition coefficient (Wildman–Crippen LogP) is 2.68. The Hall–Kier alpha value is -2.91. The number of hydrogen-bond donors (Lipinski definition) is 2. The molecule has 0 bridgehead atoms. The second-order valence-electron chi connectivity index (χ2n) is 3.98. The third kappa shape index (κ3) is 4.60. The van der Waals surface area contributed by atoms with Crippen molar-refractivity contribution in [1.29, 1.82) is 5.26 Å². The molecule has 2 aromatic rings. The summed E-state index contributed by atoms with van der Waals surface area (Å²) in [4.78, 5) is 11.6. The second-order valence-corrected chi connectivity index (χ2v) is 4.39. The summed E-state index contributed by atoms with van der Waals surface area (Å²) >= 11 is 5.02. The number of thiocarbonyl (C=S) groups is 1. The molecule has 0 radical (unpaired) electrons. The van der Waals surface area contributed by atoms with Crippen molar-refractivity contribution in [2.45, 2.75) is 0 Å². The second kappa shape index (κ2) is 7.03. The van der Waals surface area contributed by atoms with Gasteiger partial charge >= 0.3 is 0 Å². The number of furan rings is 1. The van der Waals surface area contributed by atoms with Crippen LogP contribution in [0.2, 0.25) is 0 Å². The summed E-state index contributed by atoms with van der Waals surface area (Å²) in [6, 6.07) is 12.2. The number of nitrogens with zero attached hydrogens (tertiary/aromatic N) is 1. The van der Waals surface area contributed by atoms with Crippen molar-refractivity contribution in [3.63, 3.8) is 0 Å². The Labute approximate surface area is 126 Å². The highest BCUT2D eigenvalue weighted by molar-refractivity contribution is 7.80. The minimum atomic E-state index is -0.363. The fourth-order valence-corrected chi connectivity index (χ4v) is 1.71. The summed E-state index contributed by atoms with van der Waals surface area (Å²) in [5, 5.41) is 14.2. The number of anilines is 1. The molecule has 6 heteroatoms. The normalized spacial score (nSPS) is 10.0. The Morgan fingerprint density at radius 1 is 1.29 bits per heavy atom. The van der Waals surface area contributed by atoms with E-state index in [-0.39, 0.29) is 11.0 Å². The lowest BCUT2D eigenvalue weighted by atomic mass is 10.2. The average Bonchev–Trinajstić information content (AvgIpc) is 2.99. The Morgan fingerprint density at radius 3 is 2.67 bits per heavy atom. The molecule has 2 rings (SSSR count). The van der Waals surface area contributed by atoms with Crippen LogP contribution in [0, 0.1) is 11.3 Å². The molecule has 1 amide bonds. The average molecular weight is 297 g/mol. The first-order chi connectivity index (χ1) is 10.2. The van der Waals surface area contributed by atoms with E-state index in [1.165, 1.54) is 12.3 Å². The van der Waals surface area contributed by atoms with Crippen LogP contribution in [0.25, 0.3) is 6.08 Å². The van der Waals surface area contributed by atoms with Crippen LogP contribution in [0.5, 0.6) is 0 Å². The maximum Gasteiger partial charge on any atom is 0.250 e. The summed E-state index contributed by atoms with van der Waals surface area (Å²) in [6.07, 6.45) is 4.39. The van der Waals surface area contributed by atoms with Gasteiger partial charge in [-0.1, -0.05) is 0 Å². The van der Waals surface area contributed by atoms with Crippen LogP contribution in [0.1, 0.15) is 11.3 Å². The zero-order valence-corrected chi connectivity index (χ0v) is 11.7. The molecule has 2 N–H and O–H groups in total. The fraction of sp³-hybridized carbons (Fsp3) is 0. The Bertz CT molecular complexity index is 698. The molecule has 0 spiro atoms. The van der Waals surface area contributed by atoms with Crippen LogP contribution >= 0.6 is 12.2 Å². The predicted molar refractivity (Wildman–Crippen MR) is 83.3 cm³/mol. The van der Waals surface area contributed by atoms with Gasteiger partial charge in [0.05, 0.1) is 17.9 Å². The van der Waals surface area contributed by atoms with Crippen molar-refractivity contribution in [2.24, 2.45) is 0 Å². The number of rotatable bonds is 3. The molecule has 1 heterocycles. The number of nitrogens with one attached hydrogen (secondary N) is 2. The topological polar surface area (TPSA) is 78.1 Å². The molecule has 1 aromatic heterocycles. The van der Waals surface area contributed by atoms with Gasteiger partial charge in [0.1, 0.15) is 5.76 Å². The summed E-state index contributed by atoms with van der Waals surface area (Å²) in [5.41, 5.74) is 1.24. The Balaban J connectivity index is 1.86. The van der Waals surface area contributed by atoms with E-state index in [0.29, 0.717) is 17.0 Å². The molecule has 1 aromatic carbocycles. The Kier molecular flexibility index (Phi) is 4.85. The molecular weight excluding hydrogens is 286 g/mol. The highest BCUT2D eigenvalue weighted by atomic mass is 32.1. The fourth-order valence-electron chi connectivity index (χ4n) is 1.49. The van der Waals surface area contributed by atoms with Gasteiger partial charge in [-0.15, -0.1) is 0 Å². The van der Waals surface area contributed by atoms with Crippen molar-refractivity contribution in [1.82, 2.24) is 5.32 Å². The number of hydrogen-bond acceptors (Lipinski definition) is 4. The molecule has 21 heavy (non-hydrogen) atoms. The third-order valence-corrected chi connectivity index (χ3v) is 2.65. The van der Waals surface area contributed by atoms with Gasteiger partial charge in [-0.2, -0.15) is 5.26 Å². The maximum absolute atomic E-state index is 11.6. The molecule has 0 saturated carbocycles. The summed E-state index contributed by atoms with van der Waals surface area (Å²) in [6.45, 7) is 0. The summed E-state index contributed by atoms with van der Waals surface area (Å²) < 4.78 is 5.06. The van der Waals surface area contributed by atoms with E-state index in [9.17, 15) is 4.79 Å². The van der Waals surface area contributed by atoms with Crippen LogP contribution in [0.4, 0.5) is 5.69 Å².